The maximum Gasteiger partial charge on any atom is 0.124 e. The third kappa shape index (κ3) is 4.37. The summed E-state index contributed by atoms with van der Waals surface area (Å²) >= 11 is 11.5. The SMILES string of the molecule is CC(CCCl)NCc1ccc(F)cc1Cl. The van der Waals surface area contributed by atoms with Gasteiger partial charge in [0.15, 0.2) is 0 Å². The molecule has 84 valence electrons. The molecular weight excluding hydrogens is 236 g/mol. The molecule has 0 aliphatic heterocycles. The molecule has 0 aliphatic rings. The van der Waals surface area contributed by atoms with Gasteiger partial charge >= 0.3 is 0 Å². The van der Waals surface area contributed by atoms with Gasteiger partial charge in [-0.15, -0.1) is 11.6 Å². The van der Waals surface area contributed by atoms with Crippen molar-refractivity contribution in [2.24, 2.45) is 0 Å². The molecule has 15 heavy (non-hydrogen) atoms. The minimum atomic E-state index is -0.308. The van der Waals surface area contributed by atoms with Crippen LogP contribution in [0.25, 0.3) is 0 Å². The summed E-state index contributed by atoms with van der Waals surface area (Å²) in [6.45, 7) is 2.69. The second-order valence-corrected chi connectivity index (χ2v) is 4.28. The van der Waals surface area contributed by atoms with Crippen LogP contribution in [0.1, 0.15) is 18.9 Å². The molecule has 0 fully saturated rings. The molecular formula is C11H14Cl2FN. The average Bonchev–Trinajstić information content (AvgIpc) is 2.17. The van der Waals surface area contributed by atoms with Crippen molar-refractivity contribution in [3.63, 3.8) is 0 Å². The fraction of sp³-hybridized carbons (Fsp3) is 0.455. The van der Waals surface area contributed by atoms with Gasteiger partial charge in [-0.05, 0) is 31.0 Å². The molecule has 1 nitrogen and oxygen atoms in total. The molecule has 0 aromatic heterocycles. The van der Waals surface area contributed by atoms with Crippen molar-refractivity contribution in [3.8, 4) is 0 Å². The van der Waals surface area contributed by atoms with Crippen LogP contribution in [0.5, 0.6) is 0 Å². The Morgan fingerprint density at radius 1 is 1.47 bits per heavy atom. The van der Waals surface area contributed by atoms with E-state index >= 15 is 0 Å². The lowest BCUT2D eigenvalue weighted by Gasteiger charge is -2.12. The normalized spacial score (nSPS) is 12.8. The molecule has 0 bridgehead atoms. The zero-order valence-corrected chi connectivity index (χ0v) is 10.1. The lowest BCUT2D eigenvalue weighted by atomic mass is 10.2. The van der Waals surface area contributed by atoms with E-state index in [-0.39, 0.29) is 5.82 Å². The van der Waals surface area contributed by atoms with Crippen LogP contribution in [0.3, 0.4) is 0 Å². The Balaban J connectivity index is 2.50. The summed E-state index contributed by atoms with van der Waals surface area (Å²) in [6, 6.07) is 4.77. The molecule has 1 aromatic rings. The molecule has 1 atom stereocenters. The third-order valence-electron chi connectivity index (χ3n) is 2.20. The number of hydrogen-bond acceptors (Lipinski definition) is 1. The van der Waals surface area contributed by atoms with Gasteiger partial charge in [0.25, 0.3) is 0 Å². The second-order valence-electron chi connectivity index (χ2n) is 3.50. The van der Waals surface area contributed by atoms with Gasteiger partial charge in [-0.3, -0.25) is 0 Å². The molecule has 0 saturated carbocycles. The molecule has 0 amide bonds. The summed E-state index contributed by atoms with van der Waals surface area (Å²) in [4.78, 5) is 0. The highest BCUT2D eigenvalue weighted by atomic mass is 35.5. The summed E-state index contributed by atoms with van der Waals surface area (Å²) in [7, 11) is 0. The Hall–Kier alpha value is -0.310. The van der Waals surface area contributed by atoms with Crippen LogP contribution in [-0.4, -0.2) is 11.9 Å². The van der Waals surface area contributed by atoms with Crippen LogP contribution < -0.4 is 5.32 Å². The van der Waals surface area contributed by atoms with E-state index in [1.807, 2.05) is 0 Å². The smallest absolute Gasteiger partial charge is 0.124 e. The quantitative estimate of drug-likeness (QED) is 0.787. The van der Waals surface area contributed by atoms with Crippen LogP contribution in [0.2, 0.25) is 5.02 Å². The van der Waals surface area contributed by atoms with Crippen molar-refractivity contribution < 1.29 is 4.39 Å². The maximum atomic E-state index is 12.7. The molecule has 0 aliphatic carbocycles. The average molecular weight is 250 g/mol. The Labute approximate surface area is 99.6 Å². The zero-order chi connectivity index (χ0) is 11.3. The summed E-state index contributed by atoms with van der Waals surface area (Å²) in [6.07, 6.45) is 0.903. The highest BCUT2D eigenvalue weighted by Crippen LogP contribution is 2.17. The maximum absolute atomic E-state index is 12.7. The van der Waals surface area contributed by atoms with Gasteiger partial charge in [-0.1, -0.05) is 17.7 Å². The molecule has 1 aromatic carbocycles. The molecule has 4 heteroatoms. The van der Waals surface area contributed by atoms with Gasteiger partial charge in [0, 0.05) is 23.5 Å². The Morgan fingerprint density at radius 2 is 2.20 bits per heavy atom. The largest absolute Gasteiger partial charge is 0.310 e. The lowest BCUT2D eigenvalue weighted by molar-refractivity contribution is 0.535. The number of alkyl halides is 1. The van der Waals surface area contributed by atoms with E-state index in [1.54, 1.807) is 6.07 Å². The van der Waals surface area contributed by atoms with Crippen molar-refractivity contribution in [2.75, 3.05) is 5.88 Å². The van der Waals surface area contributed by atoms with E-state index in [2.05, 4.69) is 12.2 Å². The third-order valence-corrected chi connectivity index (χ3v) is 2.77. The topological polar surface area (TPSA) is 12.0 Å². The number of rotatable bonds is 5. The molecule has 1 unspecified atom stereocenters. The highest BCUT2D eigenvalue weighted by molar-refractivity contribution is 6.31. The van der Waals surface area contributed by atoms with Gasteiger partial charge < -0.3 is 5.32 Å². The Bertz CT molecular complexity index is 317. The summed E-state index contributed by atoms with van der Waals surface area (Å²) < 4.78 is 12.7. The van der Waals surface area contributed by atoms with E-state index in [4.69, 9.17) is 23.2 Å². The van der Waals surface area contributed by atoms with E-state index in [1.165, 1.54) is 12.1 Å². The first-order valence-corrected chi connectivity index (χ1v) is 5.78. The minimum absolute atomic E-state index is 0.308. The van der Waals surface area contributed by atoms with Gasteiger partial charge in [0.1, 0.15) is 5.82 Å². The van der Waals surface area contributed by atoms with Crippen molar-refractivity contribution in [1.82, 2.24) is 5.32 Å². The molecule has 0 saturated heterocycles. The predicted molar refractivity (Wildman–Crippen MR) is 63.0 cm³/mol. The summed E-state index contributed by atoms with van der Waals surface area (Å²) in [5, 5.41) is 3.73. The molecule has 0 heterocycles. The van der Waals surface area contributed by atoms with E-state index < -0.39 is 0 Å². The van der Waals surface area contributed by atoms with Crippen molar-refractivity contribution in [1.29, 1.82) is 0 Å². The first kappa shape index (κ1) is 12.8. The van der Waals surface area contributed by atoms with Crippen LogP contribution >= 0.6 is 23.2 Å². The Kier molecular flexibility index (Phi) is 5.37. The highest BCUT2D eigenvalue weighted by Gasteiger charge is 2.04. The first-order chi connectivity index (χ1) is 7.13. The van der Waals surface area contributed by atoms with Crippen molar-refractivity contribution in [2.45, 2.75) is 25.9 Å². The second kappa shape index (κ2) is 6.31. The standard InChI is InChI=1S/C11H14Cl2FN/c1-8(4-5-12)15-7-9-2-3-10(14)6-11(9)13/h2-3,6,8,15H,4-5,7H2,1H3. The van der Waals surface area contributed by atoms with E-state index in [0.29, 0.717) is 23.5 Å². The van der Waals surface area contributed by atoms with Crippen LogP contribution in [0.15, 0.2) is 18.2 Å². The molecule has 0 radical (unpaired) electrons. The number of halogens is 3. The predicted octanol–water partition coefficient (Wildman–Crippen LogP) is 3.59. The lowest BCUT2D eigenvalue weighted by Crippen LogP contribution is -2.25. The van der Waals surface area contributed by atoms with Crippen molar-refractivity contribution in [3.05, 3.63) is 34.6 Å². The first-order valence-electron chi connectivity index (χ1n) is 4.86. The fourth-order valence-corrected chi connectivity index (χ4v) is 1.78. The fourth-order valence-electron chi connectivity index (χ4n) is 1.21. The number of hydrogen-bond donors (Lipinski definition) is 1. The van der Waals surface area contributed by atoms with Crippen LogP contribution in [0.4, 0.5) is 4.39 Å². The van der Waals surface area contributed by atoms with E-state index in [9.17, 15) is 4.39 Å². The van der Waals surface area contributed by atoms with Crippen LogP contribution in [-0.2, 0) is 6.54 Å². The summed E-state index contributed by atoms with van der Waals surface area (Å²) in [5.74, 6) is 0.322. The molecule has 0 spiro atoms. The molecule has 1 N–H and O–H groups in total. The van der Waals surface area contributed by atoms with Crippen molar-refractivity contribution >= 4 is 23.2 Å². The van der Waals surface area contributed by atoms with Gasteiger partial charge in [0.2, 0.25) is 0 Å². The monoisotopic (exact) mass is 249 g/mol. The van der Waals surface area contributed by atoms with E-state index in [0.717, 1.165) is 12.0 Å². The van der Waals surface area contributed by atoms with Gasteiger partial charge in [0.05, 0.1) is 0 Å². The number of benzene rings is 1. The number of nitrogens with one attached hydrogen (secondary N) is 1. The van der Waals surface area contributed by atoms with Gasteiger partial charge in [-0.25, -0.2) is 4.39 Å². The van der Waals surface area contributed by atoms with Crippen LogP contribution in [0, 0.1) is 5.82 Å². The minimum Gasteiger partial charge on any atom is -0.310 e. The summed E-state index contributed by atoms with van der Waals surface area (Å²) in [5.41, 5.74) is 0.902. The Morgan fingerprint density at radius 3 is 2.80 bits per heavy atom. The zero-order valence-electron chi connectivity index (χ0n) is 8.56. The van der Waals surface area contributed by atoms with Gasteiger partial charge in [-0.2, -0.15) is 0 Å². The molecule has 1 rings (SSSR count).